The molecule has 8 nitrogen and oxygen atoms in total. The minimum atomic E-state index is -1.09. The first kappa shape index (κ1) is 13.0. The van der Waals surface area contributed by atoms with Crippen LogP contribution in [0.2, 0.25) is 0 Å². The molecule has 1 aliphatic rings. The molecule has 0 aromatic carbocycles. The van der Waals surface area contributed by atoms with E-state index >= 15 is 0 Å². The number of aliphatic hydroxyl groups is 2. The molecule has 4 unspecified atom stereocenters. The van der Waals surface area contributed by atoms with Gasteiger partial charge in [-0.15, -0.1) is 0 Å². The molecular formula is C10H15N3O5. The molecule has 0 radical (unpaired) electrons. The molecule has 2 heterocycles. The van der Waals surface area contributed by atoms with Crippen molar-refractivity contribution in [3.05, 3.63) is 33.1 Å². The lowest BCUT2D eigenvalue weighted by atomic mass is 10.1. The Morgan fingerprint density at radius 2 is 2.33 bits per heavy atom. The first-order valence-electron chi connectivity index (χ1n) is 5.54. The van der Waals surface area contributed by atoms with Gasteiger partial charge in [0.05, 0.1) is 6.61 Å². The highest BCUT2D eigenvalue weighted by molar-refractivity contribution is 4.91. The monoisotopic (exact) mass is 257 g/mol. The number of nitrogens with two attached hydrogens (primary N) is 1. The maximum Gasteiger partial charge on any atom is 0.330 e. The summed E-state index contributed by atoms with van der Waals surface area (Å²) in [5.74, 6) is 0. The topological polar surface area (TPSA) is 131 Å². The number of aliphatic hydroxyl groups excluding tert-OH is 2. The van der Waals surface area contributed by atoms with Crippen LogP contribution in [0.5, 0.6) is 0 Å². The van der Waals surface area contributed by atoms with Crippen molar-refractivity contribution < 1.29 is 14.9 Å². The van der Waals surface area contributed by atoms with Crippen molar-refractivity contribution in [2.24, 2.45) is 5.73 Å². The van der Waals surface area contributed by atoms with Crippen molar-refractivity contribution in [3.63, 3.8) is 0 Å². The Kier molecular flexibility index (Phi) is 3.62. The molecule has 8 heteroatoms. The van der Waals surface area contributed by atoms with E-state index in [1.165, 1.54) is 16.8 Å². The molecule has 4 atom stereocenters. The molecule has 18 heavy (non-hydrogen) atoms. The third-order valence-electron chi connectivity index (χ3n) is 2.94. The first-order chi connectivity index (χ1) is 8.52. The highest BCUT2D eigenvalue weighted by Gasteiger charge is 2.38. The lowest BCUT2D eigenvalue weighted by molar-refractivity contribution is -0.0781. The van der Waals surface area contributed by atoms with Gasteiger partial charge in [-0.2, -0.15) is 0 Å². The zero-order valence-corrected chi connectivity index (χ0v) is 9.52. The molecule has 0 aliphatic carbocycles. The number of nitrogens with one attached hydrogen (secondary N) is 1. The maximum atomic E-state index is 11.6. The van der Waals surface area contributed by atoms with Crippen LogP contribution < -0.4 is 17.0 Å². The van der Waals surface area contributed by atoms with Gasteiger partial charge in [-0.3, -0.25) is 14.3 Å². The van der Waals surface area contributed by atoms with E-state index in [0.29, 0.717) is 6.42 Å². The zero-order chi connectivity index (χ0) is 13.3. The molecule has 2 rings (SSSR count). The highest BCUT2D eigenvalue weighted by atomic mass is 16.5. The highest BCUT2D eigenvalue weighted by Crippen LogP contribution is 2.27. The third kappa shape index (κ3) is 2.36. The molecule has 1 fully saturated rings. The second kappa shape index (κ2) is 5.02. The molecule has 1 aromatic heterocycles. The lowest BCUT2D eigenvalue weighted by Gasteiger charge is -2.20. The van der Waals surface area contributed by atoms with Gasteiger partial charge in [0.2, 0.25) is 0 Å². The van der Waals surface area contributed by atoms with Crippen molar-refractivity contribution >= 4 is 0 Å². The Bertz CT molecular complexity index is 525. The van der Waals surface area contributed by atoms with Crippen LogP contribution in [0.1, 0.15) is 12.6 Å². The summed E-state index contributed by atoms with van der Waals surface area (Å²) in [6.45, 7) is -0.467. The zero-order valence-electron chi connectivity index (χ0n) is 9.52. The van der Waals surface area contributed by atoms with Crippen molar-refractivity contribution in [3.8, 4) is 0 Å². The van der Waals surface area contributed by atoms with Crippen molar-refractivity contribution in [2.75, 3.05) is 6.61 Å². The van der Waals surface area contributed by atoms with E-state index in [4.69, 9.17) is 15.6 Å². The van der Waals surface area contributed by atoms with Crippen LogP contribution in [-0.4, -0.2) is 44.6 Å². The summed E-state index contributed by atoms with van der Waals surface area (Å²) < 4.78 is 6.64. The number of aromatic amines is 1. The van der Waals surface area contributed by atoms with E-state index in [2.05, 4.69) is 4.98 Å². The average molecular weight is 257 g/mol. The number of nitrogens with zero attached hydrogens (tertiary/aromatic N) is 1. The summed E-state index contributed by atoms with van der Waals surface area (Å²) in [4.78, 5) is 24.6. The molecule has 1 aromatic rings. The first-order valence-corrected chi connectivity index (χ1v) is 5.54. The van der Waals surface area contributed by atoms with Crippen LogP contribution in [0.25, 0.3) is 0 Å². The molecular weight excluding hydrogens is 242 g/mol. The Morgan fingerprint density at radius 1 is 1.61 bits per heavy atom. The molecule has 0 amide bonds. The lowest BCUT2D eigenvalue weighted by Crippen LogP contribution is -2.41. The van der Waals surface area contributed by atoms with Gasteiger partial charge in [0.1, 0.15) is 18.4 Å². The summed E-state index contributed by atoms with van der Waals surface area (Å²) in [6, 6.07) is 0.711. The van der Waals surface area contributed by atoms with Crippen LogP contribution in [0, 0.1) is 0 Å². The average Bonchev–Trinajstić information content (AvgIpc) is 2.70. The summed E-state index contributed by atoms with van der Waals surface area (Å²) >= 11 is 0. The largest absolute Gasteiger partial charge is 0.394 e. The second-order valence-corrected chi connectivity index (χ2v) is 4.22. The number of hydrogen-bond donors (Lipinski definition) is 4. The van der Waals surface area contributed by atoms with Crippen LogP contribution in [0.4, 0.5) is 0 Å². The van der Waals surface area contributed by atoms with E-state index in [1.54, 1.807) is 0 Å². The molecule has 1 aliphatic heterocycles. The number of hydrogen-bond acceptors (Lipinski definition) is 6. The summed E-state index contributed by atoms with van der Waals surface area (Å²) in [7, 11) is 0. The normalized spacial score (nSPS) is 29.4. The maximum absolute atomic E-state index is 11.6. The fraction of sp³-hybridized carbons (Fsp3) is 0.600. The van der Waals surface area contributed by atoms with E-state index in [-0.39, 0.29) is 0 Å². The van der Waals surface area contributed by atoms with Crippen LogP contribution in [0.3, 0.4) is 0 Å². The summed E-state index contributed by atoms with van der Waals surface area (Å²) in [6.07, 6.45) is -0.863. The van der Waals surface area contributed by atoms with E-state index in [0.717, 1.165) is 0 Å². The van der Waals surface area contributed by atoms with Gasteiger partial charge in [-0.1, -0.05) is 0 Å². The quantitative estimate of drug-likeness (QED) is 0.473. The van der Waals surface area contributed by atoms with Gasteiger partial charge in [-0.05, 0) is 0 Å². The fourth-order valence-corrected chi connectivity index (χ4v) is 2.02. The number of ether oxygens (including phenoxy) is 1. The third-order valence-corrected chi connectivity index (χ3v) is 2.94. The predicted octanol–water partition coefficient (Wildman–Crippen LogP) is -2.50. The number of H-pyrrole nitrogens is 1. The Labute approximate surface area is 102 Å². The van der Waals surface area contributed by atoms with Crippen LogP contribution >= 0.6 is 0 Å². The Morgan fingerprint density at radius 3 is 2.94 bits per heavy atom. The molecule has 0 spiro atoms. The molecule has 5 N–H and O–H groups in total. The summed E-state index contributed by atoms with van der Waals surface area (Å²) in [5.41, 5.74) is 4.69. The van der Waals surface area contributed by atoms with Gasteiger partial charge in [0.15, 0.2) is 0 Å². The van der Waals surface area contributed by atoms with Gasteiger partial charge >= 0.3 is 5.69 Å². The number of aromatic nitrogens is 2. The smallest absolute Gasteiger partial charge is 0.330 e. The van der Waals surface area contributed by atoms with Crippen molar-refractivity contribution in [1.82, 2.24) is 9.55 Å². The van der Waals surface area contributed by atoms with Gasteiger partial charge in [-0.25, -0.2) is 4.79 Å². The Balaban J connectivity index is 2.22. The molecule has 1 saturated heterocycles. The van der Waals surface area contributed by atoms with Gasteiger partial charge in [0.25, 0.3) is 5.56 Å². The van der Waals surface area contributed by atoms with Crippen molar-refractivity contribution in [2.45, 2.75) is 30.9 Å². The standard InChI is InChI=1S/C10H15N3O5/c11-5-3-8(18-9(5)6(15)4-14)13-2-1-7(16)12-10(13)17/h1-2,5-6,8-9,14-15H,3-4,11H2,(H,12,16,17). The SMILES string of the molecule is NC1CC(n2ccc(=O)[nH]c2=O)OC1C(O)CO. The van der Waals surface area contributed by atoms with E-state index < -0.39 is 42.3 Å². The van der Waals surface area contributed by atoms with E-state index in [1.807, 2.05) is 0 Å². The molecule has 100 valence electrons. The minimum Gasteiger partial charge on any atom is -0.394 e. The van der Waals surface area contributed by atoms with Crippen LogP contribution in [-0.2, 0) is 4.74 Å². The minimum absolute atomic E-state index is 0.313. The van der Waals surface area contributed by atoms with E-state index in [9.17, 15) is 14.7 Å². The fourth-order valence-electron chi connectivity index (χ4n) is 2.02. The second-order valence-electron chi connectivity index (χ2n) is 4.22. The Hall–Kier alpha value is -1.48. The summed E-state index contributed by atoms with van der Waals surface area (Å²) in [5, 5.41) is 18.4. The predicted molar refractivity (Wildman–Crippen MR) is 60.9 cm³/mol. The van der Waals surface area contributed by atoms with Gasteiger partial charge in [0, 0.05) is 24.7 Å². The number of rotatable bonds is 3. The van der Waals surface area contributed by atoms with Crippen LogP contribution in [0.15, 0.2) is 21.9 Å². The molecule has 0 bridgehead atoms. The van der Waals surface area contributed by atoms with Gasteiger partial charge < -0.3 is 20.7 Å². The molecule has 0 saturated carbocycles. The van der Waals surface area contributed by atoms with Crippen molar-refractivity contribution in [1.29, 1.82) is 0 Å².